The summed E-state index contributed by atoms with van der Waals surface area (Å²) >= 11 is 0. The van der Waals surface area contributed by atoms with Crippen LogP contribution < -0.4 is 16.2 Å². The van der Waals surface area contributed by atoms with Gasteiger partial charge in [0, 0.05) is 25.5 Å². The number of hydrogen-bond acceptors (Lipinski definition) is 4. The number of anilines is 1. The molecule has 19 heavy (non-hydrogen) atoms. The fourth-order valence-electron chi connectivity index (χ4n) is 1.60. The molecule has 0 aromatic carbocycles. The van der Waals surface area contributed by atoms with Gasteiger partial charge in [0.25, 0.3) is 5.56 Å². The molecule has 106 valence electrons. The van der Waals surface area contributed by atoms with Crippen molar-refractivity contribution in [3.8, 4) is 0 Å². The molecular formula is C13H22N4O2. The van der Waals surface area contributed by atoms with Crippen molar-refractivity contribution >= 4 is 11.7 Å². The van der Waals surface area contributed by atoms with E-state index in [2.05, 4.69) is 15.6 Å². The third-order valence-corrected chi connectivity index (χ3v) is 2.46. The Labute approximate surface area is 113 Å². The predicted molar refractivity (Wildman–Crippen MR) is 75.1 cm³/mol. The number of carbonyl (C=O) groups excluding carboxylic acids is 1. The second kappa shape index (κ2) is 7.56. The van der Waals surface area contributed by atoms with E-state index in [0.717, 1.165) is 6.42 Å². The average molecular weight is 266 g/mol. The Bertz CT molecular complexity index is 468. The molecule has 0 aliphatic rings. The highest BCUT2D eigenvalue weighted by atomic mass is 16.2. The largest absolute Gasteiger partial charge is 0.356 e. The maximum Gasteiger partial charge on any atom is 0.293 e. The van der Waals surface area contributed by atoms with Gasteiger partial charge in [0.05, 0.1) is 6.54 Å². The molecule has 0 aliphatic carbocycles. The summed E-state index contributed by atoms with van der Waals surface area (Å²) in [5.41, 5.74) is -0.195. The van der Waals surface area contributed by atoms with Crippen molar-refractivity contribution in [2.75, 3.05) is 18.4 Å². The zero-order chi connectivity index (χ0) is 14.3. The zero-order valence-corrected chi connectivity index (χ0v) is 11.8. The Morgan fingerprint density at radius 2 is 2.21 bits per heavy atom. The minimum absolute atomic E-state index is 0.0634. The summed E-state index contributed by atoms with van der Waals surface area (Å²) in [5, 5.41) is 5.51. The van der Waals surface area contributed by atoms with Crippen molar-refractivity contribution in [1.29, 1.82) is 0 Å². The first-order valence-corrected chi connectivity index (χ1v) is 6.60. The smallest absolute Gasteiger partial charge is 0.293 e. The van der Waals surface area contributed by atoms with Gasteiger partial charge in [-0.2, -0.15) is 0 Å². The van der Waals surface area contributed by atoms with E-state index in [4.69, 9.17) is 0 Å². The van der Waals surface area contributed by atoms with Crippen LogP contribution in [0.25, 0.3) is 0 Å². The fraction of sp³-hybridized carbons (Fsp3) is 0.615. The molecule has 0 saturated carbocycles. The van der Waals surface area contributed by atoms with E-state index in [1.807, 2.05) is 20.8 Å². The molecule has 0 bridgehead atoms. The van der Waals surface area contributed by atoms with E-state index in [9.17, 15) is 9.59 Å². The fourth-order valence-corrected chi connectivity index (χ4v) is 1.60. The highest BCUT2D eigenvalue weighted by Gasteiger charge is 2.07. The number of carbonyl (C=O) groups is 1. The van der Waals surface area contributed by atoms with E-state index >= 15 is 0 Å². The standard InChI is InChI=1S/C13H22N4O2/c1-4-5-14-11(18)8-16-12-13(19)17(7-6-15-12)9-10(2)3/h6-7,10H,4-5,8-9H2,1-3H3,(H,14,18)(H,15,16). The van der Waals surface area contributed by atoms with Gasteiger partial charge in [0.2, 0.25) is 5.91 Å². The molecule has 0 atom stereocenters. The maximum absolute atomic E-state index is 12.0. The lowest BCUT2D eigenvalue weighted by molar-refractivity contribution is -0.119. The normalized spacial score (nSPS) is 10.5. The van der Waals surface area contributed by atoms with Crippen molar-refractivity contribution in [1.82, 2.24) is 14.9 Å². The summed E-state index contributed by atoms with van der Waals surface area (Å²) in [5.74, 6) is 0.456. The van der Waals surface area contributed by atoms with Crippen molar-refractivity contribution in [3.63, 3.8) is 0 Å². The summed E-state index contributed by atoms with van der Waals surface area (Å²) in [7, 11) is 0. The quantitative estimate of drug-likeness (QED) is 0.766. The SMILES string of the molecule is CCCNC(=O)CNc1nccn(CC(C)C)c1=O. The number of hydrogen-bond donors (Lipinski definition) is 2. The molecule has 1 amide bonds. The minimum Gasteiger partial charge on any atom is -0.356 e. The molecule has 1 rings (SSSR count). The molecule has 1 aromatic heterocycles. The molecule has 6 nitrogen and oxygen atoms in total. The van der Waals surface area contributed by atoms with Gasteiger partial charge in [-0.1, -0.05) is 20.8 Å². The first-order valence-electron chi connectivity index (χ1n) is 6.60. The number of rotatable bonds is 7. The Hall–Kier alpha value is -1.85. The summed E-state index contributed by atoms with van der Waals surface area (Å²) in [6.07, 6.45) is 4.11. The molecule has 0 radical (unpaired) electrons. The lowest BCUT2D eigenvalue weighted by atomic mass is 10.2. The zero-order valence-electron chi connectivity index (χ0n) is 11.8. The van der Waals surface area contributed by atoms with Crippen LogP contribution in [0, 0.1) is 5.92 Å². The van der Waals surface area contributed by atoms with Crippen LogP contribution >= 0.6 is 0 Å². The first-order chi connectivity index (χ1) is 9.04. The summed E-state index contributed by atoms with van der Waals surface area (Å²) in [4.78, 5) is 27.5. The van der Waals surface area contributed by atoms with E-state index in [-0.39, 0.29) is 23.8 Å². The Balaban J connectivity index is 2.64. The van der Waals surface area contributed by atoms with Crippen LogP contribution in [0.1, 0.15) is 27.2 Å². The highest BCUT2D eigenvalue weighted by Crippen LogP contribution is 1.98. The van der Waals surface area contributed by atoms with Gasteiger partial charge in [0.15, 0.2) is 5.82 Å². The van der Waals surface area contributed by atoms with Gasteiger partial charge in [-0.15, -0.1) is 0 Å². The minimum atomic E-state index is -0.195. The molecule has 0 unspecified atom stereocenters. The number of aromatic nitrogens is 2. The van der Waals surface area contributed by atoms with Gasteiger partial charge in [-0.05, 0) is 12.3 Å². The van der Waals surface area contributed by atoms with Crippen molar-refractivity contribution in [2.45, 2.75) is 33.7 Å². The lowest BCUT2D eigenvalue weighted by Gasteiger charge is -2.10. The third kappa shape index (κ3) is 5.11. The second-order valence-electron chi connectivity index (χ2n) is 4.83. The Morgan fingerprint density at radius 1 is 1.47 bits per heavy atom. The van der Waals surface area contributed by atoms with E-state index < -0.39 is 0 Å². The van der Waals surface area contributed by atoms with Gasteiger partial charge >= 0.3 is 0 Å². The molecule has 1 heterocycles. The number of nitrogens with one attached hydrogen (secondary N) is 2. The molecule has 2 N–H and O–H groups in total. The van der Waals surface area contributed by atoms with Crippen molar-refractivity contribution in [2.24, 2.45) is 5.92 Å². The van der Waals surface area contributed by atoms with Crippen LogP contribution in [0.5, 0.6) is 0 Å². The topological polar surface area (TPSA) is 76.0 Å². The summed E-state index contributed by atoms with van der Waals surface area (Å²) in [6, 6.07) is 0. The molecule has 0 saturated heterocycles. The first kappa shape index (κ1) is 15.2. The second-order valence-corrected chi connectivity index (χ2v) is 4.83. The van der Waals surface area contributed by atoms with Crippen LogP contribution in [0.15, 0.2) is 17.2 Å². The third-order valence-electron chi connectivity index (χ3n) is 2.46. The van der Waals surface area contributed by atoms with E-state index in [0.29, 0.717) is 19.0 Å². The van der Waals surface area contributed by atoms with Crippen molar-refractivity contribution in [3.05, 3.63) is 22.7 Å². The highest BCUT2D eigenvalue weighted by molar-refractivity contribution is 5.80. The van der Waals surface area contributed by atoms with Crippen LogP contribution in [0.3, 0.4) is 0 Å². The van der Waals surface area contributed by atoms with Gasteiger partial charge in [-0.25, -0.2) is 4.98 Å². The molecule has 0 spiro atoms. The Kier molecular flexibility index (Phi) is 6.05. The average Bonchev–Trinajstić information content (AvgIpc) is 2.37. The number of nitrogens with zero attached hydrogens (tertiary/aromatic N) is 2. The van der Waals surface area contributed by atoms with Gasteiger partial charge < -0.3 is 15.2 Å². The monoisotopic (exact) mass is 266 g/mol. The van der Waals surface area contributed by atoms with Crippen LogP contribution in [-0.2, 0) is 11.3 Å². The van der Waals surface area contributed by atoms with Crippen LogP contribution in [-0.4, -0.2) is 28.5 Å². The van der Waals surface area contributed by atoms with Gasteiger partial charge in [-0.3, -0.25) is 9.59 Å². The predicted octanol–water partition coefficient (Wildman–Crippen LogP) is 0.837. The molecule has 1 aromatic rings. The van der Waals surface area contributed by atoms with Crippen LogP contribution in [0.4, 0.5) is 5.82 Å². The molecule has 0 fully saturated rings. The molecule has 6 heteroatoms. The van der Waals surface area contributed by atoms with E-state index in [1.165, 1.54) is 0 Å². The lowest BCUT2D eigenvalue weighted by Crippen LogP contribution is -2.33. The molecule has 0 aliphatic heterocycles. The maximum atomic E-state index is 12.0. The molecular weight excluding hydrogens is 244 g/mol. The summed E-state index contributed by atoms with van der Waals surface area (Å²) < 4.78 is 1.60. The number of amides is 1. The van der Waals surface area contributed by atoms with Crippen LogP contribution in [0.2, 0.25) is 0 Å². The van der Waals surface area contributed by atoms with Crippen molar-refractivity contribution < 1.29 is 4.79 Å². The van der Waals surface area contributed by atoms with Gasteiger partial charge in [0.1, 0.15) is 0 Å². The van der Waals surface area contributed by atoms with E-state index in [1.54, 1.807) is 17.0 Å². The summed E-state index contributed by atoms with van der Waals surface area (Å²) in [6.45, 7) is 7.40. The Morgan fingerprint density at radius 3 is 2.84 bits per heavy atom.